The van der Waals surface area contributed by atoms with Gasteiger partial charge in [0.05, 0.1) is 7.11 Å². The van der Waals surface area contributed by atoms with Crippen molar-refractivity contribution < 1.29 is 9.84 Å². The van der Waals surface area contributed by atoms with E-state index in [-0.39, 0.29) is 30.6 Å². The van der Waals surface area contributed by atoms with Gasteiger partial charge in [0.25, 0.3) is 0 Å². The van der Waals surface area contributed by atoms with Crippen molar-refractivity contribution in [3.8, 4) is 11.5 Å². The van der Waals surface area contributed by atoms with Crippen molar-refractivity contribution >= 4 is 24.8 Å². The Morgan fingerprint density at radius 3 is 2.56 bits per heavy atom. The second-order valence-corrected chi connectivity index (χ2v) is 3.99. The molecule has 1 saturated heterocycles. The minimum atomic E-state index is 0. The van der Waals surface area contributed by atoms with Gasteiger partial charge in [0.1, 0.15) is 0 Å². The predicted octanol–water partition coefficient (Wildman–Crippen LogP) is 1.65. The summed E-state index contributed by atoms with van der Waals surface area (Å²) in [6, 6.07) is 5.63. The van der Waals surface area contributed by atoms with Crippen molar-refractivity contribution in [2.24, 2.45) is 0 Å². The number of nitrogens with one attached hydrogen (secondary N) is 1. The lowest BCUT2D eigenvalue weighted by Crippen LogP contribution is -2.42. The average Bonchev–Trinajstić information content (AvgIpc) is 2.33. The van der Waals surface area contributed by atoms with E-state index in [1.54, 1.807) is 13.2 Å². The van der Waals surface area contributed by atoms with Gasteiger partial charge in [0.2, 0.25) is 0 Å². The summed E-state index contributed by atoms with van der Waals surface area (Å²) in [7, 11) is 1.57. The maximum Gasteiger partial charge on any atom is 0.162 e. The van der Waals surface area contributed by atoms with E-state index < -0.39 is 0 Å². The first-order valence-electron chi connectivity index (χ1n) is 5.59. The zero-order chi connectivity index (χ0) is 11.4. The number of benzene rings is 1. The molecule has 18 heavy (non-hydrogen) atoms. The lowest BCUT2D eigenvalue weighted by Gasteiger charge is -2.27. The summed E-state index contributed by atoms with van der Waals surface area (Å²) < 4.78 is 5.09. The van der Waals surface area contributed by atoms with E-state index in [0.29, 0.717) is 5.75 Å². The molecule has 1 fully saturated rings. The summed E-state index contributed by atoms with van der Waals surface area (Å²) in [5, 5.41) is 13.3. The molecule has 1 aromatic carbocycles. The van der Waals surface area contributed by atoms with Gasteiger partial charge in [-0.2, -0.15) is 0 Å². The summed E-state index contributed by atoms with van der Waals surface area (Å²) in [4.78, 5) is 2.32. The summed E-state index contributed by atoms with van der Waals surface area (Å²) in [6.07, 6.45) is 0. The number of phenolic OH excluding ortho intramolecular Hbond substituents is 1. The van der Waals surface area contributed by atoms with Crippen molar-refractivity contribution in [1.82, 2.24) is 10.2 Å². The first-order chi connectivity index (χ1) is 7.81. The maximum atomic E-state index is 9.95. The lowest BCUT2D eigenvalue weighted by molar-refractivity contribution is 0.229. The molecule has 0 aliphatic carbocycles. The van der Waals surface area contributed by atoms with E-state index in [1.807, 2.05) is 12.1 Å². The molecule has 0 aromatic heterocycles. The van der Waals surface area contributed by atoms with Crippen molar-refractivity contribution in [3.05, 3.63) is 23.8 Å². The van der Waals surface area contributed by atoms with Gasteiger partial charge >= 0.3 is 0 Å². The molecule has 6 heteroatoms. The van der Waals surface area contributed by atoms with E-state index in [9.17, 15) is 5.11 Å². The molecular weight excluding hydrogens is 275 g/mol. The molecule has 0 unspecified atom stereocenters. The summed E-state index contributed by atoms with van der Waals surface area (Å²) in [5.41, 5.74) is 0.932. The second-order valence-electron chi connectivity index (χ2n) is 3.99. The molecule has 4 nitrogen and oxygen atoms in total. The molecule has 2 N–H and O–H groups in total. The molecule has 1 aliphatic heterocycles. The number of para-hydroxylation sites is 1. The third-order valence-electron chi connectivity index (χ3n) is 2.91. The number of nitrogens with zero attached hydrogens (tertiary/aromatic N) is 1. The molecule has 0 amide bonds. The molecular formula is C12H20Cl2N2O2. The van der Waals surface area contributed by atoms with Crippen molar-refractivity contribution in [2.75, 3.05) is 33.3 Å². The van der Waals surface area contributed by atoms with Crippen LogP contribution in [0.15, 0.2) is 18.2 Å². The van der Waals surface area contributed by atoms with Crippen molar-refractivity contribution in [1.29, 1.82) is 0 Å². The highest BCUT2D eigenvalue weighted by Gasteiger charge is 2.13. The molecule has 0 atom stereocenters. The molecule has 0 radical (unpaired) electrons. The first-order valence-corrected chi connectivity index (χ1v) is 5.59. The van der Waals surface area contributed by atoms with Gasteiger partial charge in [-0.1, -0.05) is 12.1 Å². The molecule has 0 bridgehead atoms. The van der Waals surface area contributed by atoms with Crippen LogP contribution in [0.5, 0.6) is 11.5 Å². The zero-order valence-electron chi connectivity index (χ0n) is 10.4. The van der Waals surface area contributed by atoms with Crippen LogP contribution in [0.4, 0.5) is 0 Å². The number of halogens is 2. The van der Waals surface area contributed by atoms with Crippen LogP contribution < -0.4 is 10.1 Å². The largest absolute Gasteiger partial charge is 0.504 e. The quantitative estimate of drug-likeness (QED) is 0.890. The highest BCUT2D eigenvalue weighted by atomic mass is 35.5. The van der Waals surface area contributed by atoms with Gasteiger partial charge in [0.15, 0.2) is 11.5 Å². The van der Waals surface area contributed by atoms with Gasteiger partial charge in [-0.15, -0.1) is 24.8 Å². The molecule has 104 valence electrons. The van der Waals surface area contributed by atoms with Gasteiger partial charge in [-0.3, -0.25) is 4.90 Å². The summed E-state index contributed by atoms with van der Waals surface area (Å²) in [5.74, 6) is 0.816. The second kappa shape index (κ2) is 8.43. The van der Waals surface area contributed by atoms with Crippen LogP contribution in [-0.2, 0) is 6.54 Å². The number of methoxy groups -OCH3 is 1. The van der Waals surface area contributed by atoms with E-state index in [1.165, 1.54) is 0 Å². The Morgan fingerprint density at radius 1 is 1.28 bits per heavy atom. The average molecular weight is 295 g/mol. The highest BCUT2D eigenvalue weighted by molar-refractivity contribution is 5.85. The van der Waals surface area contributed by atoms with Crippen molar-refractivity contribution in [3.63, 3.8) is 0 Å². The third kappa shape index (κ3) is 4.21. The number of piperazine rings is 1. The number of ether oxygens (including phenoxy) is 1. The smallest absolute Gasteiger partial charge is 0.162 e. The molecule has 0 saturated carbocycles. The van der Waals surface area contributed by atoms with E-state index in [2.05, 4.69) is 10.2 Å². The van der Waals surface area contributed by atoms with Crippen LogP contribution in [-0.4, -0.2) is 43.3 Å². The number of aromatic hydroxyl groups is 1. The van der Waals surface area contributed by atoms with Crippen molar-refractivity contribution in [2.45, 2.75) is 6.54 Å². The minimum Gasteiger partial charge on any atom is -0.504 e. The van der Waals surface area contributed by atoms with E-state index in [4.69, 9.17) is 4.74 Å². The van der Waals surface area contributed by atoms with Crippen LogP contribution in [0.2, 0.25) is 0 Å². The van der Waals surface area contributed by atoms with Crippen LogP contribution in [0.25, 0.3) is 0 Å². The topological polar surface area (TPSA) is 44.7 Å². The van der Waals surface area contributed by atoms with Gasteiger partial charge in [0, 0.05) is 38.3 Å². The Morgan fingerprint density at radius 2 is 1.94 bits per heavy atom. The SMILES string of the molecule is COc1cccc(CN2CCNCC2)c1O.Cl.Cl. The fourth-order valence-corrected chi connectivity index (χ4v) is 1.97. The monoisotopic (exact) mass is 294 g/mol. The predicted molar refractivity (Wildman–Crippen MR) is 77.3 cm³/mol. The number of hydrogen-bond acceptors (Lipinski definition) is 4. The Balaban J connectivity index is 0.00000144. The Bertz CT molecular complexity index is 358. The van der Waals surface area contributed by atoms with Crippen LogP contribution in [0, 0.1) is 0 Å². The Kier molecular flexibility index (Phi) is 8.11. The van der Waals surface area contributed by atoms with E-state index >= 15 is 0 Å². The van der Waals surface area contributed by atoms with Crippen LogP contribution in [0.3, 0.4) is 0 Å². The number of phenols is 1. The maximum absolute atomic E-state index is 9.95. The Hall–Kier alpha value is -0.680. The third-order valence-corrected chi connectivity index (χ3v) is 2.91. The molecule has 2 rings (SSSR count). The Labute approximate surface area is 120 Å². The van der Waals surface area contributed by atoms with Crippen LogP contribution >= 0.6 is 24.8 Å². The summed E-state index contributed by atoms with van der Waals surface area (Å²) in [6.45, 7) is 4.87. The van der Waals surface area contributed by atoms with Gasteiger partial charge < -0.3 is 15.2 Å². The minimum absolute atomic E-state index is 0. The molecule has 0 spiro atoms. The van der Waals surface area contributed by atoms with E-state index in [0.717, 1.165) is 38.3 Å². The molecule has 1 heterocycles. The molecule has 1 aliphatic rings. The zero-order valence-corrected chi connectivity index (χ0v) is 12.0. The number of hydrogen-bond donors (Lipinski definition) is 2. The van der Waals surface area contributed by atoms with Gasteiger partial charge in [-0.25, -0.2) is 0 Å². The fourth-order valence-electron chi connectivity index (χ4n) is 1.97. The highest BCUT2D eigenvalue weighted by Crippen LogP contribution is 2.30. The fraction of sp³-hybridized carbons (Fsp3) is 0.500. The first kappa shape index (κ1) is 17.3. The normalized spacial score (nSPS) is 15.4. The number of rotatable bonds is 3. The standard InChI is InChI=1S/C12H18N2O2.2ClH/c1-16-11-4-2-3-10(12(11)15)9-14-7-5-13-6-8-14;;/h2-4,13,15H,5-9H2,1H3;2*1H. The summed E-state index contributed by atoms with van der Waals surface area (Å²) >= 11 is 0. The van der Waals surface area contributed by atoms with Crippen LogP contribution in [0.1, 0.15) is 5.56 Å². The lowest BCUT2D eigenvalue weighted by atomic mass is 10.1. The molecule has 1 aromatic rings. The van der Waals surface area contributed by atoms with Gasteiger partial charge in [-0.05, 0) is 6.07 Å².